The van der Waals surface area contributed by atoms with Crippen LogP contribution in [-0.2, 0) is 6.18 Å². The molecule has 0 atom stereocenters. The van der Waals surface area contributed by atoms with E-state index in [-0.39, 0.29) is 16.3 Å². The van der Waals surface area contributed by atoms with Gasteiger partial charge in [-0.3, -0.25) is 0 Å². The largest absolute Gasteiger partial charge is 0.478 e. The number of aromatic carboxylic acids is 1. The Morgan fingerprint density at radius 2 is 1.67 bits per heavy atom. The van der Waals surface area contributed by atoms with Gasteiger partial charge in [0, 0.05) is 4.88 Å². The Labute approximate surface area is 177 Å². The van der Waals surface area contributed by atoms with E-state index in [1.807, 2.05) is 0 Å². The summed E-state index contributed by atoms with van der Waals surface area (Å²) in [6, 6.07) is 17.3. The van der Waals surface area contributed by atoms with E-state index in [1.54, 1.807) is 48.5 Å². The van der Waals surface area contributed by atoms with Gasteiger partial charge in [-0.05, 0) is 48.0 Å². The van der Waals surface area contributed by atoms with Crippen LogP contribution in [0.25, 0.3) is 26.7 Å². The molecule has 152 valence electrons. The topological polar surface area (TPSA) is 55.1 Å². The average Bonchev–Trinajstić information content (AvgIpc) is 3.35. The van der Waals surface area contributed by atoms with E-state index in [1.165, 1.54) is 28.2 Å². The summed E-state index contributed by atoms with van der Waals surface area (Å²) in [5.41, 5.74) is 0.496. The monoisotopic (exact) mass is 448 g/mol. The highest BCUT2D eigenvalue weighted by Gasteiger charge is 2.35. The van der Waals surface area contributed by atoms with Crippen molar-refractivity contribution in [2.45, 2.75) is 6.18 Å². The van der Waals surface area contributed by atoms with Crippen LogP contribution in [0, 0.1) is 0 Å². The second kappa shape index (κ2) is 7.62. The van der Waals surface area contributed by atoms with Crippen molar-refractivity contribution in [3.05, 3.63) is 83.0 Å². The second-order valence-corrected chi connectivity index (χ2v) is 7.81. The molecule has 0 amide bonds. The number of carboxylic acids is 1. The smallest absolute Gasteiger partial charge is 0.435 e. The van der Waals surface area contributed by atoms with Gasteiger partial charge in [0.2, 0.25) is 0 Å². The number of rotatable bonds is 4. The number of nitrogens with zero attached hydrogens (tertiary/aromatic N) is 2. The molecular formula is C21H12ClF3N2O2S. The zero-order chi connectivity index (χ0) is 21.5. The number of carboxylic acid groups (broad SMARTS) is 1. The van der Waals surface area contributed by atoms with Crippen LogP contribution in [0.3, 0.4) is 0 Å². The molecule has 2 aromatic carbocycles. The number of hydrogen-bond acceptors (Lipinski definition) is 3. The standard InChI is InChI=1S/C21H12ClF3N2O2S/c22-14-3-1-2-4-15(14)27-16(11-19(26-27)21(23,24)25)18-10-9-17(30-18)12-5-7-13(8-6-12)20(28)29/h1-11H,(H,28,29). The Morgan fingerprint density at radius 3 is 2.30 bits per heavy atom. The zero-order valence-electron chi connectivity index (χ0n) is 15.0. The number of carbonyl (C=O) groups is 1. The van der Waals surface area contributed by atoms with Gasteiger partial charge in [-0.15, -0.1) is 11.3 Å². The highest BCUT2D eigenvalue weighted by atomic mass is 35.5. The summed E-state index contributed by atoms with van der Waals surface area (Å²) in [4.78, 5) is 12.4. The predicted octanol–water partition coefficient (Wildman–Crippen LogP) is 6.64. The quantitative estimate of drug-likeness (QED) is 0.381. The summed E-state index contributed by atoms with van der Waals surface area (Å²) < 4.78 is 41.2. The number of hydrogen-bond donors (Lipinski definition) is 1. The number of para-hydroxylation sites is 1. The Kier molecular flexibility index (Phi) is 5.13. The maximum Gasteiger partial charge on any atom is 0.435 e. The van der Waals surface area contributed by atoms with E-state index in [2.05, 4.69) is 5.10 Å². The third kappa shape index (κ3) is 3.83. The van der Waals surface area contributed by atoms with Crippen molar-refractivity contribution in [1.82, 2.24) is 9.78 Å². The minimum absolute atomic E-state index is 0.155. The van der Waals surface area contributed by atoms with Crippen LogP contribution >= 0.6 is 22.9 Å². The molecule has 0 fully saturated rings. The Morgan fingerprint density at radius 1 is 1.00 bits per heavy atom. The minimum Gasteiger partial charge on any atom is -0.478 e. The number of aromatic nitrogens is 2. The average molecular weight is 449 g/mol. The van der Waals surface area contributed by atoms with Gasteiger partial charge >= 0.3 is 12.1 Å². The summed E-state index contributed by atoms with van der Waals surface area (Å²) in [5, 5.41) is 13.0. The van der Waals surface area contributed by atoms with Gasteiger partial charge in [0.05, 0.1) is 26.8 Å². The molecule has 0 aliphatic carbocycles. The molecule has 0 radical (unpaired) electrons. The maximum absolute atomic E-state index is 13.3. The lowest BCUT2D eigenvalue weighted by molar-refractivity contribution is -0.141. The number of thiophene rings is 1. The molecule has 0 aliphatic heterocycles. The minimum atomic E-state index is -4.60. The van der Waals surface area contributed by atoms with Crippen LogP contribution in [0.5, 0.6) is 0 Å². The first-order valence-electron chi connectivity index (χ1n) is 8.60. The number of benzene rings is 2. The summed E-state index contributed by atoms with van der Waals surface area (Å²) >= 11 is 7.47. The van der Waals surface area contributed by atoms with Crippen molar-refractivity contribution in [3.8, 4) is 26.7 Å². The first kappa shape index (κ1) is 20.2. The van der Waals surface area contributed by atoms with E-state index >= 15 is 0 Å². The molecule has 4 aromatic rings. The summed E-state index contributed by atoms with van der Waals surface area (Å²) in [6.45, 7) is 0. The molecule has 0 spiro atoms. The van der Waals surface area contributed by atoms with Gasteiger partial charge in [-0.25, -0.2) is 9.48 Å². The Hall–Kier alpha value is -3.10. The molecule has 2 aromatic heterocycles. The molecule has 2 heterocycles. The fourth-order valence-electron chi connectivity index (χ4n) is 2.91. The van der Waals surface area contributed by atoms with Crippen molar-refractivity contribution >= 4 is 28.9 Å². The van der Waals surface area contributed by atoms with Gasteiger partial charge in [-0.1, -0.05) is 35.9 Å². The normalized spacial score (nSPS) is 11.6. The Balaban J connectivity index is 1.80. The molecule has 0 aliphatic rings. The van der Waals surface area contributed by atoms with Crippen molar-refractivity contribution in [1.29, 1.82) is 0 Å². The first-order chi connectivity index (χ1) is 14.2. The lowest BCUT2D eigenvalue weighted by atomic mass is 10.1. The summed E-state index contributed by atoms with van der Waals surface area (Å²) in [6.07, 6.45) is -4.60. The molecule has 0 saturated carbocycles. The second-order valence-electron chi connectivity index (χ2n) is 6.32. The number of alkyl halides is 3. The molecule has 0 bridgehead atoms. The lowest BCUT2D eigenvalue weighted by Gasteiger charge is -2.08. The van der Waals surface area contributed by atoms with Crippen LogP contribution in [0.4, 0.5) is 13.2 Å². The van der Waals surface area contributed by atoms with Crippen molar-refractivity contribution in [2.24, 2.45) is 0 Å². The summed E-state index contributed by atoms with van der Waals surface area (Å²) in [5.74, 6) is -1.03. The molecule has 9 heteroatoms. The molecule has 4 nitrogen and oxygen atoms in total. The van der Waals surface area contributed by atoms with E-state index in [0.29, 0.717) is 10.6 Å². The fraction of sp³-hybridized carbons (Fsp3) is 0.0476. The third-order valence-corrected chi connectivity index (χ3v) is 5.83. The third-order valence-electron chi connectivity index (χ3n) is 4.36. The van der Waals surface area contributed by atoms with Crippen molar-refractivity contribution < 1.29 is 23.1 Å². The van der Waals surface area contributed by atoms with Crippen molar-refractivity contribution in [3.63, 3.8) is 0 Å². The molecule has 1 N–H and O–H groups in total. The predicted molar refractivity (Wildman–Crippen MR) is 109 cm³/mol. The van der Waals surface area contributed by atoms with Crippen LogP contribution in [0.2, 0.25) is 5.02 Å². The highest BCUT2D eigenvalue weighted by molar-refractivity contribution is 7.18. The van der Waals surface area contributed by atoms with Gasteiger partial charge in [-0.2, -0.15) is 18.3 Å². The maximum atomic E-state index is 13.3. The molecular weight excluding hydrogens is 437 g/mol. The molecule has 30 heavy (non-hydrogen) atoms. The van der Waals surface area contributed by atoms with Gasteiger partial charge < -0.3 is 5.11 Å². The van der Waals surface area contributed by atoms with E-state index in [9.17, 15) is 18.0 Å². The van der Waals surface area contributed by atoms with Crippen LogP contribution in [0.15, 0.2) is 66.7 Å². The van der Waals surface area contributed by atoms with E-state index in [0.717, 1.165) is 16.5 Å². The van der Waals surface area contributed by atoms with Gasteiger partial charge in [0.1, 0.15) is 0 Å². The van der Waals surface area contributed by atoms with E-state index < -0.39 is 17.8 Å². The van der Waals surface area contributed by atoms with Crippen LogP contribution in [-0.4, -0.2) is 20.9 Å². The summed E-state index contributed by atoms with van der Waals surface area (Å²) in [7, 11) is 0. The fourth-order valence-corrected chi connectivity index (χ4v) is 4.14. The SMILES string of the molecule is O=C(O)c1ccc(-c2ccc(-c3cc(C(F)(F)F)nn3-c3ccccc3Cl)s2)cc1. The van der Waals surface area contributed by atoms with Crippen molar-refractivity contribution in [2.75, 3.05) is 0 Å². The van der Waals surface area contributed by atoms with Gasteiger partial charge in [0.15, 0.2) is 5.69 Å². The Bertz CT molecular complexity index is 1230. The lowest BCUT2D eigenvalue weighted by Crippen LogP contribution is -2.07. The molecule has 4 rings (SSSR count). The molecule has 0 unspecified atom stereocenters. The highest BCUT2D eigenvalue weighted by Crippen LogP contribution is 2.39. The van der Waals surface area contributed by atoms with Gasteiger partial charge in [0.25, 0.3) is 0 Å². The zero-order valence-corrected chi connectivity index (χ0v) is 16.6. The van der Waals surface area contributed by atoms with E-state index in [4.69, 9.17) is 16.7 Å². The van der Waals surface area contributed by atoms with Crippen LogP contribution in [0.1, 0.15) is 16.1 Å². The number of halogens is 4. The first-order valence-corrected chi connectivity index (χ1v) is 9.79. The van der Waals surface area contributed by atoms with Crippen LogP contribution < -0.4 is 0 Å². The molecule has 0 saturated heterocycles.